The number of methoxy groups -OCH3 is 1. The molecule has 2 aromatic carbocycles. The molecule has 0 fully saturated rings. The maximum Gasteiger partial charge on any atom is 0.196 e. The molecule has 0 saturated heterocycles. The van der Waals surface area contributed by atoms with Crippen LogP contribution < -0.4 is 10.6 Å². The van der Waals surface area contributed by atoms with Gasteiger partial charge in [-0.3, -0.25) is 4.79 Å². The first-order chi connectivity index (χ1) is 14.3. The average Bonchev–Trinajstić information content (AvgIpc) is 3.42. The number of nitrogens with one attached hydrogen (secondary N) is 2. The Labute approximate surface area is 166 Å². The largest absolute Gasteiger partial charge is 0.467 e. The second-order valence-electron chi connectivity index (χ2n) is 6.81. The molecule has 29 heavy (non-hydrogen) atoms. The van der Waals surface area contributed by atoms with Gasteiger partial charge in [-0.1, -0.05) is 29.4 Å². The van der Waals surface area contributed by atoms with E-state index in [4.69, 9.17) is 13.7 Å². The molecule has 2 heterocycles. The summed E-state index contributed by atoms with van der Waals surface area (Å²) in [6.07, 6.45) is 1.63. The summed E-state index contributed by atoms with van der Waals surface area (Å²) in [6, 6.07) is 13.1. The molecule has 7 nitrogen and oxygen atoms in total. The number of nitrogens with zero attached hydrogens (tertiary/aromatic N) is 1. The van der Waals surface area contributed by atoms with Gasteiger partial charge in [0, 0.05) is 30.5 Å². The van der Waals surface area contributed by atoms with Gasteiger partial charge in [-0.2, -0.15) is 0 Å². The van der Waals surface area contributed by atoms with E-state index in [1.165, 1.54) is 0 Å². The zero-order chi connectivity index (χ0) is 19.8. The Morgan fingerprint density at radius 2 is 1.93 bits per heavy atom. The van der Waals surface area contributed by atoms with E-state index >= 15 is 0 Å². The lowest BCUT2D eigenvalue weighted by Gasteiger charge is -2.19. The van der Waals surface area contributed by atoms with Crippen molar-refractivity contribution in [2.75, 3.05) is 30.9 Å². The monoisotopic (exact) mass is 389 g/mol. The highest BCUT2D eigenvalue weighted by molar-refractivity contribution is 6.28. The molecular formula is C22H19N3O4. The standard InChI is InChI=1S/C22H19N3O4/c1-27-10-8-23-16-11-17(24-12-13-5-4-9-28-13)20-19-18(16)21(26)14-6-2-3-7-15(14)22(19)29-25-20/h2-7,9,11,23-24H,8,10,12H2,1H3. The minimum atomic E-state index is -0.0428. The van der Waals surface area contributed by atoms with Crippen LogP contribution in [0.2, 0.25) is 0 Å². The summed E-state index contributed by atoms with van der Waals surface area (Å²) in [5, 5.41) is 11.7. The average molecular weight is 389 g/mol. The Hall–Kier alpha value is -3.58. The molecule has 1 aliphatic carbocycles. The summed E-state index contributed by atoms with van der Waals surface area (Å²) < 4.78 is 16.3. The Morgan fingerprint density at radius 1 is 1.07 bits per heavy atom. The van der Waals surface area contributed by atoms with Crippen molar-refractivity contribution in [1.82, 2.24) is 5.16 Å². The van der Waals surface area contributed by atoms with Gasteiger partial charge in [-0.05, 0) is 18.2 Å². The molecular weight excluding hydrogens is 370 g/mol. The van der Waals surface area contributed by atoms with E-state index in [0.717, 1.165) is 28.1 Å². The molecule has 1 aliphatic rings. The number of carbonyl (C=O) groups excluding carboxylic acids is 1. The van der Waals surface area contributed by atoms with Gasteiger partial charge in [0.2, 0.25) is 0 Å². The van der Waals surface area contributed by atoms with E-state index in [9.17, 15) is 4.79 Å². The lowest BCUT2D eigenvalue weighted by atomic mass is 9.86. The fourth-order valence-electron chi connectivity index (χ4n) is 3.72. The summed E-state index contributed by atoms with van der Waals surface area (Å²) in [7, 11) is 1.64. The smallest absolute Gasteiger partial charge is 0.196 e. The van der Waals surface area contributed by atoms with Crippen LogP contribution in [0, 0.1) is 0 Å². The third-order valence-corrected chi connectivity index (χ3v) is 5.05. The van der Waals surface area contributed by atoms with Crippen molar-refractivity contribution in [1.29, 1.82) is 0 Å². The molecule has 0 radical (unpaired) electrons. The number of hydrogen-bond donors (Lipinski definition) is 2. The molecule has 0 bridgehead atoms. The molecule has 0 amide bonds. The zero-order valence-electron chi connectivity index (χ0n) is 15.8. The van der Waals surface area contributed by atoms with Gasteiger partial charge in [-0.25, -0.2) is 0 Å². The summed E-state index contributed by atoms with van der Waals surface area (Å²) in [6.45, 7) is 1.59. The van der Waals surface area contributed by atoms with Crippen molar-refractivity contribution in [2.45, 2.75) is 6.54 Å². The molecule has 5 rings (SSSR count). The summed E-state index contributed by atoms with van der Waals surface area (Å²) in [4.78, 5) is 13.3. The van der Waals surface area contributed by atoms with E-state index < -0.39 is 0 Å². The minimum Gasteiger partial charge on any atom is -0.467 e. The summed E-state index contributed by atoms with van der Waals surface area (Å²) in [5.74, 6) is 1.37. The topological polar surface area (TPSA) is 89.5 Å². The number of ether oxygens (including phenoxy) is 1. The van der Waals surface area contributed by atoms with Gasteiger partial charge in [-0.15, -0.1) is 0 Å². The van der Waals surface area contributed by atoms with Crippen molar-refractivity contribution >= 4 is 28.1 Å². The lowest BCUT2D eigenvalue weighted by Crippen LogP contribution is -2.16. The van der Waals surface area contributed by atoms with Crippen LogP contribution in [0.5, 0.6) is 0 Å². The molecule has 7 heteroatoms. The number of carbonyl (C=O) groups is 1. The van der Waals surface area contributed by atoms with Crippen molar-refractivity contribution in [3.63, 3.8) is 0 Å². The van der Waals surface area contributed by atoms with Crippen LogP contribution in [-0.4, -0.2) is 31.2 Å². The van der Waals surface area contributed by atoms with E-state index in [1.807, 2.05) is 42.5 Å². The highest BCUT2D eigenvalue weighted by Crippen LogP contribution is 2.44. The molecule has 0 spiro atoms. The van der Waals surface area contributed by atoms with Gasteiger partial charge in [0.05, 0.1) is 36.1 Å². The Kier molecular flexibility index (Phi) is 4.29. The number of rotatable bonds is 7. The van der Waals surface area contributed by atoms with Crippen molar-refractivity contribution in [3.05, 3.63) is 65.6 Å². The number of furan rings is 1. The minimum absolute atomic E-state index is 0.0428. The van der Waals surface area contributed by atoms with Crippen LogP contribution in [0.25, 0.3) is 22.2 Å². The first-order valence-electron chi connectivity index (χ1n) is 9.37. The molecule has 0 unspecified atom stereocenters. The quantitative estimate of drug-likeness (QED) is 0.401. The lowest BCUT2D eigenvalue weighted by molar-refractivity contribution is 0.104. The van der Waals surface area contributed by atoms with Gasteiger partial charge in [0.15, 0.2) is 11.5 Å². The number of ketones is 1. The van der Waals surface area contributed by atoms with Crippen LogP contribution in [0.15, 0.2) is 57.7 Å². The van der Waals surface area contributed by atoms with Crippen molar-refractivity contribution in [2.24, 2.45) is 0 Å². The number of benzene rings is 2. The van der Waals surface area contributed by atoms with Crippen molar-refractivity contribution in [3.8, 4) is 11.3 Å². The van der Waals surface area contributed by atoms with Crippen LogP contribution in [0.3, 0.4) is 0 Å². The Balaban J connectivity index is 1.66. The van der Waals surface area contributed by atoms with Gasteiger partial charge in [0.25, 0.3) is 0 Å². The maximum atomic E-state index is 13.3. The Bertz CT molecular complexity index is 1190. The van der Waals surface area contributed by atoms with E-state index in [2.05, 4.69) is 15.8 Å². The predicted octanol–water partition coefficient (Wildman–Crippen LogP) is 4.30. The highest BCUT2D eigenvalue weighted by atomic mass is 16.5. The van der Waals surface area contributed by atoms with Gasteiger partial charge < -0.3 is 24.3 Å². The van der Waals surface area contributed by atoms with Gasteiger partial charge in [0.1, 0.15) is 11.3 Å². The molecule has 0 aliphatic heterocycles. The first-order valence-corrected chi connectivity index (χ1v) is 9.37. The number of anilines is 2. The Morgan fingerprint density at radius 3 is 2.72 bits per heavy atom. The van der Waals surface area contributed by atoms with E-state index in [1.54, 1.807) is 13.4 Å². The third-order valence-electron chi connectivity index (χ3n) is 5.05. The molecule has 2 aromatic heterocycles. The normalized spacial score (nSPS) is 12.2. The predicted molar refractivity (Wildman–Crippen MR) is 109 cm³/mol. The van der Waals surface area contributed by atoms with E-state index in [0.29, 0.717) is 42.1 Å². The first kappa shape index (κ1) is 17.5. The van der Waals surface area contributed by atoms with Crippen molar-refractivity contribution < 1.29 is 18.5 Å². The third kappa shape index (κ3) is 2.87. The fourth-order valence-corrected chi connectivity index (χ4v) is 3.72. The van der Waals surface area contributed by atoms with Crippen LogP contribution in [0.1, 0.15) is 21.7 Å². The number of hydrogen-bond acceptors (Lipinski definition) is 7. The molecule has 0 saturated carbocycles. The molecule has 146 valence electrons. The summed E-state index contributed by atoms with van der Waals surface area (Å²) in [5.41, 5.74) is 4.07. The maximum absolute atomic E-state index is 13.3. The second-order valence-corrected chi connectivity index (χ2v) is 6.81. The zero-order valence-corrected chi connectivity index (χ0v) is 15.8. The SMILES string of the molecule is COCCNc1cc(NCc2ccco2)c2noc3c2c1C(=O)c1ccccc1-3. The van der Waals surface area contributed by atoms with Crippen LogP contribution in [0.4, 0.5) is 11.4 Å². The molecule has 4 aromatic rings. The van der Waals surface area contributed by atoms with Crippen LogP contribution >= 0.6 is 0 Å². The van der Waals surface area contributed by atoms with Crippen LogP contribution in [-0.2, 0) is 11.3 Å². The molecule has 2 N–H and O–H groups in total. The van der Waals surface area contributed by atoms with E-state index in [-0.39, 0.29) is 5.78 Å². The number of fused-ring (bicyclic) bond motifs is 2. The summed E-state index contributed by atoms with van der Waals surface area (Å²) >= 11 is 0. The second kappa shape index (κ2) is 7.10. The highest BCUT2D eigenvalue weighted by Gasteiger charge is 2.32. The number of aromatic nitrogens is 1. The van der Waals surface area contributed by atoms with Gasteiger partial charge >= 0.3 is 0 Å². The fraction of sp³-hybridized carbons (Fsp3) is 0.182. The molecule has 0 atom stereocenters.